The van der Waals surface area contributed by atoms with Crippen LogP contribution in [-0.2, 0) is 28.4 Å². The topological polar surface area (TPSA) is 75.6 Å². The van der Waals surface area contributed by atoms with Crippen molar-refractivity contribution >= 4 is 8.07 Å². The third-order valence-corrected chi connectivity index (χ3v) is 6.40. The highest BCUT2D eigenvalue weighted by Gasteiger charge is 2.50. The number of aliphatic hydroxyl groups excluding tert-OH is 1. The average Bonchev–Trinajstić information content (AvgIpc) is 3.01. The molecule has 27 heavy (non-hydrogen) atoms. The van der Waals surface area contributed by atoms with Gasteiger partial charge in [-0.3, -0.25) is 0 Å². The van der Waals surface area contributed by atoms with Gasteiger partial charge in [-0.15, -0.1) is 0 Å². The molecular weight excluding hydrogens is 368 g/mol. The summed E-state index contributed by atoms with van der Waals surface area (Å²) in [6.07, 6.45) is -0.859. The summed E-state index contributed by atoms with van der Waals surface area (Å²) in [6, 6.07) is 1.08. The summed E-state index contributed by atoms with van der Waals surface area (Å²) >= 11 is 0. The number of hydrogen-bond donors (Lipinski definition) is 1. The zero-order chi connectivity index (χ0) is 20.3. The van der Waals surface area contributed by atoms with Crippen molar-refractivity contribution in [3.8, 4) is 0 Å². The van der Waals surface area contributed by atoms with Crippen LogP contribution in [0.5, 0.6) is 0 Å². The Morgan fingerprint density at radius 1 is 1.07 bits per heavy atom. The fourth-order valence-electron chi connectivity index (χ4n) is 3.35. The van der Waals surface area contributed by atoms with Crippen LogP contribution >= 0.6 is 0 Å². The summed E-state index contributed by atoms with van der Waals surface area (Å²) in [5, 5.41) is 9.41. The summed E-state index contributed by atoms with van der Waals surface area (Å²) in [4.78, 5) is 0. The van der Waals surface area contributed by atoms with E-state index in [1.54, 1.807) is 0 Å². The predicted octanol–water partition coefficient (Wildman–Crippen LogP) is 2.74. The van der Waals surface area contributed by atoms with Crippen molar-refractivity contribution in [3.05, 3.63) is 0 Å². The van der Waals surface area contributed by atoms with Crippen LogP contribution in [-0.4, -0.2) is 75.8 Å². The van der Waals surface area contributed by atoms with Crippen molar-refractivity contribution in [3.63, 3.8) is 0 Å². The quantitative estimate of drug-likeness (QED) is 0.340. The molecule has 0 unspecified atom stereocenters. The first-order valence-corrected chi connectivity index (χ1v) is 13.6. The molecule has 0 aromatic rings. The lowest BCUT2D eigenvalue weighted by Gasteiger charge is -2.31. The smallest absolute Gasteiger partial charge is 0.163 e. The van der Waals surface area contributed by atoms with E-state index in [0.717, 1.165) is 6.04 Å². The fourth-order valence-corrected chi connectivity index (χ4v) is 4.10. The van der Waals surface area contributed by atoms with E-state index in [9.17, 15) is 5.11 Å². The molecule has 8 heteroatoms. The van der Waals surface area contributed by atoms with Crippen molar-refractivity contribution in [2.24, 2.45) is 0 Å². The van der Waals surface area contributed by atoms with Gasteiger partial charge in [0, 0.05) is 21.3 Å². The molecule has 0 saturated carbocycles. The largest absolute Gasteiger partial charge is 0.396 e. The molecule has 2 aliphatic rings. The minimum atomic E-state index is -1.14. The van der Waals surface area contributed by atoms with E-state index in [2.05, 4.69) is 19.6 Å². The SMILES string of the molecule is CC1(C)OC[C@H]([C@@H](OCOCC[Si](C)(C)C)[C@@H]2OC(C)(C)O[C@@H]2CCO)O1. The molecule has 0 spiro atoms. The van der Waals surface area contributed by atoms with Crippen LogP contribution in [0.15, 0.2) is 0 Å². The van der Waals surface area contributed by atoms with E-state index in [-0.39, 0.29) is 31.7 Å². The molecule has 0 amide bonds. The van der Waals surface area contributed by atoms with Crippen molar-refractivity contribution < 1.29 is 33.5 Å². The normalized spacial score (nSPS) is 31.3. The monoisotopic (exact) mass is 406 g/mol. The van der Waals surface area contributed by atoms with Gasteiger partial charge >= 0.3 is 0 Å². The average molecular weight is 407 g/mol. The van der Waals surface area contributed by atoms with Crippen molar-refractivity contribution in [2.75, 3.05) is 26.6 Å². The molecule has 0 aliphatic carbocycles. The zero-order valence-electron chi connectivity index (χ0n) is 17.9. The summed E-state index contributed by atoms with van der Waals surface area (Å²) < 4.78 is 35.7. The van der Waals surface area contributed by atoms with Gasteiger partial charge in [0.25, 0.3) is 0 Å². The molecule has 160 valence electrons. The van der Waals surface area contributed by atoms with Gasteiger partial charge in [0.1, 0.15) is 25.1 Å². The molecule has 2 aliphatic heterocycles. The van der Waals surface area contributed by atoms with Gasteiger partial charge in [-0.25, -0.2) is 0 Å². The summed E-state index contributed by atoms with van der Waals surface area (Å²) in [7, 11) is -1.14. The third-order valence-electron chi connectivity index (χ3n) is 4.70. The molecule has 0 aromatic heterocycles. The van der Waals surface area contributed by atoms with Crippen molar-refractivity contribution in [1.29, 1.82) is 0 Å². The molecule has 2 fully saturated rings. The number of ether oxygens (including phenoxy) is 6. The van der Waals surface area contributed by atoms with E-state index in [4.69, 9.17) is 28.4 Å². The van der Waals surface area contributed by atoms with Crippen molar-refractivity contribution in [1.82, 2.24) is 0 Å². The molecular formula is C19H38O7Si. The van der Waals surface area contributed by atoms with Crippen LogP contribution in [0.4, 0.5) is 0 Å². The third kappa shape index (κ3) is 7.36. The van der Waals surface area contributed by atoms with Crippen molar-refractivity contribution in [2.45, 2.75) is 95.8 Å². The van der Waals surface area contributed by atoms with Gasteiger partial charge in [-0.05, 0) is 40.2 Å². The Hall–Kier alpha value is -0.0631. The molecule has 2 heterocycles. The Kier molecular flexibility index (Phi) is 7.89. The number of aliphatic hydroxyl groups is 1. The minimum absolute atomic E-state index is 0.0214. The lowest BCUT2D eigenvalue weighted by atomic mass is 10.0. The summed E-state index contributed by atoms with van der Waals surface area (Å²) in [6.45, 7) is 15.7. The van der Waals surface area contributed by atoms with Gasteiger partial charge in [0.15, 0.2) is 11.6 Å². The zero-order valence-corrected chi connectivity index (χ0v) is 18.9. The Morgan fingerprint density at radius 2 is 1.78 bits per heavy atom. The first kappa shape index (κ1) is 23.2. The Morgan fingerprint density at radius 3 is 2.33 bits per heavy atom. The van der Waals surface area contributed by atoms with Gasteiger partial charge in [0.05, 0.1) is 12.7 Å². The Bertz CT molecular complexity index is 463. The second-order valence-corrected chi connectivity index (χ2v) is 15.1. The second-order valence-electron chi connectivity index (χ2n) is 9.49. The first-order valence-electron chi connectivity index (χ1n) is 9.90. The molecule has 2 rings (SSSR count). The van der Waals surface area contributed by atoms with Crippen LogP contribution in [0, 0.1) is 0 Å². The molecule has 0 radical (unpaired) electrons. The van der Waals surface area contributed by atoms with E-state index < -0.39 is 25.8 Å². The molecule has 4 atom stereocenters. The maximum absolute atomic E-state index is 9.41. The van der Waals surface area contributed by atoms with E-state index in [1.165, 1.54) is 0 Å². The first-order chi connectivity index (χ1) is 12.4. The van der Waals surface area contributed by atoms with Gasteiger partial charge in [-0.2, -0.15) is 0 Å². The van der Waals surface area contributed by atoms with Gasteiger partial charge in [0.2, 0.25) is 0 Å². The van der Waals surface area contributed by atoms with Crippen LogP contribution in [0.1, 0.15) is 34.1 Å². The fraction of sp³-hybridized carbons (Fsp3) is 1.00. The maximum Gasteiger partial charge on any atom is 0.163 e. The molecule has 0 aromatic carbocycles. The Labute approximate surface area is 164 Å². The predicted molar refractivity (Wildman–Crippen MR) is 104 cm³/mol. The number of rotatable bonds is 10. The summed E-state index contributed by atoms with van der Waals surface area (Å²) in [5.41, 5.74) is 0. The molecule has 0 bridgehead atoms. The maximum atomic E-state index is 9.41. The molecule has 2 saturated heterocycles. The van der Waals surface area contributed by atoms with E-state index >= 15 is 0 Å². The summed E-state index contributed by atoms with van der Waals surface area (Å²) in [5.74, 6) is -1.40. The van der Waals surface area contributed by atoms with Crippen LogP contribution in [0.25, 0.3) is 0 Å². The highest BCUT2D eigenvalue weighted by molar-refractivity contribution is 6.76. The van der Waals surface area contributed by atoms with Crippen LogP contribution in [0.2, 0.25) is 25.7 Å². The lowest BCUT2D eigenvalue weighted by Crippen LogP contribution is -2.47. The minimum Gasteiger partial charge on any atom is -0.396 e. The Balaban J connectivity index is 2.01. The van der Waals surface area contributed by atoms with Crippen LogP contribution in [0.3, 0.4) is 0 Å². The highest BCUT2D eigenvalue weighted by atomic mass is 28.3. The van der Waals surface area contributed by atoms with Gasteiger partial charge < -0.3 is 33.5 Å². The molecule has 7 nitrogen and oxygen atoms in total. The second kappa shape index (κ2) is 9.17. The lowest BCUT2D eigenvalue weighted by molar-refractivity contribution is -0.206. The van der Waals surface area contributed by atoms with E-state index in [0.29, 0.717) is 19.6 Å². The van der Waals surface area contributed by atoms with E-state index in [1.807, 2.05) is 27.7 Å². The number of hydrogen-bond acceptors (Lipinski definition) is 7. The van der Waals surface area contributed by atoms with Gasteiger partial charge in [-0.1, -0.05) is 19.6 Å². The molecule has 1 N–H and O–H groups in total. The standard InChI is InChI=1S/C19H38O7Si/c1-18(2)23-12-15(25-18)16(22-13-21-10-11-27(5,6)7)17-14(8-9-20)24-19(3,4)26-17/h14-17,20H,8-13H2,1-7H3/t14-,15-,16-,17-/m1/s1. The highest BCUT2D eigenvalue weighted by Crippen LogP contribution is 2.36. The van der Waals surface area contributed by atoms with Crippen LogP contribution < -0.4 is 0 Å².